The van der Waals surface area contributed by atoms with Crippen LogP contribution in [0.25, 0.3) is 0 Å². The zero-order chi connectivity index (χ0) is 16.3. The van der Waals surface area contributed by atoms with Gasteiger partial charge in [0.05, 0.1) is 12.1 Å². The number of hydrogen-bond donors (Lipinski definition) is 0. The molecule has 127 valence electrons. The molecule has 3 unspecified atom stereocenters. The zero-order valence-corrected chi connectivity index (χ0v) is 15.3. The predicted molar refractivity (Wildman–Crippen MR) is 87.5 cm³/mol. The highest BCUT2D eigenvalue weighted by Gasteiger charge is 2.72. The summed E-state index contributed by atoms with van der Waals surface area (Å²) in [5.74, 6) is 2.19. The van der Waals surface area contributed by atoms with Crippen LogP contribution in [0.15, 0.2) is 0 Å². The fraction of sp³-hybridized carbons (Fsp3) is 1.00. The van der Waals surface area contributed by atoms with E-state index in [1.165, 1.54) is 24.3 Å². The molecule has 0 aromatic carbocycles. The van der Waals surface area contributed by atoms with Gasteiger partial charge in [-0.2, -0.15) is 0 Å². The number of rotatable bonds is 4. The molecule has 1 spiro atoms. The predicted octanol–water partition coefficient (Wildman–Crippen LogP) is 4.65. The summed E-state index contributed by atoms with van der Waals surface area (Å²) in [6.45, 7) is 14.1. The van der Waals surface area contributed by atoms with Crippen LogP contribution in [0.4, 0.5) is 0 Å². The molecular weight excluding hydrogens is 274 g/mol. The maximum Gasteiger partial charge on any atom is 0.148 e. The summed E-state index contributed by atoms with van der Waals surface area (Å²) >= 11 is 0. The van der Waals surface area contributed by atoms with Crippen molar-refractivity contribution in [2.24, 2.45) is 29.1 Å². The lowest BCUT2D eigenvalue weighted by molar-refractivity contribution is -0.325. The van der Waals surface area contributed by atoms with Crippen LogP contribution in [0.3, 0.4) is 0 Å². The van der Waals surface area contributed by atoms with E-state index in [2.05, 4.69) is 41.5 Å². The second kappa shape index (κ2) is 5.19. The molecule has 3 atom stereocenters. The van der Waals surface area contributed by atoms with Crippen molar-refractivity contribution in [2.75, 3.05) is 6.61 Å². The molecule has 2 aliphatic carbocycles. The topological polar surface area (TPSA) is 32.4 Å². The summed E-state index contributed by atoms with van der Waals surface area (Å²) in [4.78, 5) is 0. The van der Waals surface area contributed by atoms with Gasteiger partial charge in [0.2, 0.25) is 0 Å². The van der Waals surface area contributed by atoms with Crippen molar-refractivity contribution in [2.45, 2.75) is 84.9 Å². The van der Waals surface area contributed by atoms with Crippen LogP contribution >= 0.6 is 0 Å². The van der Waals surface area contributed by atoms with Gasteiger partial charge >= 0.3 is 0 Å². The fourth-order valence-electron chi connectivity index (χ4n) is 6.05. The first-order valence-corrected chi connectivity index (χ1v) is 9.27. The highest BCUT2D eigenvalue weighted by atomic mass is 16.6. The van der Waals surface area contributed by atoms with Crippen LogP contribution < -0.4 is 0 Å². The molecule has 2 bridgehead atoms. The van der Waals surface area contributed by atoms with Crippen molar-refractivity contribution in [1.82, 2.24) is 5.06 Å². The Morgan fingerprint density at radius 3 is 2.05 bits per heavy atom. The first kappa shape index (κ1) is 16.7. The molecule has 3 aliphatic rings. The van der Waals surface area contributed by atoms with Crippen LogP contribution in [-0.4, -0.2) is 22.9 Å². The van der Waals surface area contributed by atoms with Crippen molar-refractivity contribution in [1.29, 1.82) is 0 Å². The lowest BCUT2D eigenvalue weighted by Gasteiger charge is -2.50. The molecule has 22 heavy (non-hydrogen) atoms. The van der Waals surface area contributed by atoms with Gasteiger partial charge in [0.15, 0.2) is 0 Å². The molecule has 0 amide bonds. The van der Waals surface area contributed by atoms with Crippen LogP contribution in [-0.2, 0) is 9.94 Å². The molecule has 3 rings (SSSR count). The molecule has 1 aliphatic heterocycles. The summed E-state index contributed by atoms with van der Waals surface area (Å²) in [6, 6.07) is 0. The smallest absolute Gasteiger partial charge is 0.148 e. The molecule has 3 fully saturated rings. The molecule has 1 radical (unpaired) electrons. The van der Waals surface area contributed by atoms with Gasteiger partial charge in [-0.25, -0.2) is 0 Å². The quantitative estimate of drug-likeness (QED) is 0.757. The molecule has 3 nitrogen and oxygen atoms in total. The molecule has 0 aromatic rings. The standard InChI is InChI=1S/C19H34NO2/c1-13(2)10-18(11-14(3)4)20(21)19(12-22-18)16-8-7-15(9-16)17(19,5)6/h13-16H,7-12H2,1-6H3. The van der Waals surface area contributed by atoms with Gasteiger partial charge in [-0.15, -0.1) is 10.3 Å². The average molecular weight is 308 g/mol. The average Bonchev–Trinajstić information content (AvgIpc) is 2.99. The highest BCUT2D eigenvalue weighted by molar-refractivity contribution is 5.19. The van der Waals surface area contributed by atoms with Crippen LogP contribution in [0.2, 0.25) is 0 Å². The van der Waals surface area contributed by atoms with E-state index in [9.17, 15) is 5.21 Å². The second-order valence-corrected chi connectivity index (χ2v) is 9.58. The van der Waals surface area contributed by atoms with Gasteiger partial charge in [-0.3, -0.25) is 0 Å². The van der Waals surface area contributed by atoms with Gasteiger partial charge in [0.1, 0.15) is 5.72 Å². The van der Waals surface area contributed by atoms with Crippen LogP contribution in [0, 0.1) is 29.1 Å². The minimum Gasteiger partial charge on any atom is -0.356 e. The Hall–Kier alpha value is -0.120. The minimum atomic E-state index is -0.593. The Kier molecular flexibility index (Phi) is 3.95. The van der Waals surface area contributed by atoms with Gasteiger partial charge in [-0.05, 0) is 61.2 Å². The third-order valence-corrected chi connectivity index (χ3v) is 6.99. The normalized spacial score (nSPS) is 39.7. The molecule has 3 heteroatoms. The minimum absolute atomic E-state index is 0.0768. The SMILES string of the molecule is CC(C)CC1(CC(C)C)OCC2(C3CCC(C3)C2(C)C)N1[O]. The lowest BCUT2D eigenvalue weighted by Crippen LogP contribution is -2.62. The molecule has 1 saturated heterocycles. The summed E-state index contributed by atoms with van der Waals surface area (Å²) < 4.78 is 6.41. The largest absolute Gasteiger partial charge is 0.356 e. The van der Waals surface area contributed by atoms with Gasteiger partial charge < -0.3 is 4.74 Å². The molecule has 1 heterocycles. The molecule has 2 saturated carbocycles. The summed E-state index contributed by atoms with van der Waals surface area (Å²) in [7, 11) is 0. The molecule has 0 aromatic heterocycles. The maximum absolute atomic E-state index is 13.7. The Bertz CT molecular complexity index is 421. The highest BCUT2D eigenvalue weighted by Crippen LogP contribution is 2.67. The number of nitrogens with zero attached hydrogens (tertiary/aromatic N) is 1. The zero-order valence-electron chi connectivity index (χ0n) is 15.3. The van der Waals surface area contributed by atoms with E-state index in [1.807, 2.05) is 0 Å². The van der Waals surface area contributed by atoms with E-state index in [0.29, 0.717) is 30.3 Å². The fourth-order valence-corrected chi connectivity index (χ4v) is 6.05. The lowest BCUT2D eigenvalue weighted by atomic mass is 9.63. The Labute approximate surface area is 136 Å². The first-order valence-electron chi connectivity index (χ1n) is 9.27. The third-order valence-electron chi connectivity index (χ3n) is 6.99. The van der Waals surface area contributed by atoms with Gasteiger partial charge in [0.25, 0.3) is 0 Å². The number of hydroxylamine groups is 2. The number of fused-ring (bicyclic) bond motifs is 3. The Morgan fingerprint density at radius 2 is 1.59 bits per heavy atom. The van der Waals surface area contributed by atoms with Crippen molar-refractivity contribution in [3.8, 4) is 0 Å². The van der Waals surface area contributed by atoms with Crippen molar-refractivity contribution >= 4 is 0 Å². The number of ether oxygens (including phenoxy) is 1. The van der Waals surface area contributed by atoms with E-state index in [-0.39, 0.29) is 11.0 Å². The van der Waals surface area contributed by atoms with Crippen molar-refractivity contribution in [3.63, 3.8) is 0 Å². The van der Waals surface area contributed by atoms with Crippen molar-refractivity contribution in [3.05, 3.63) is 0 Å². The number of hydrogen-bond acceptors (Lipinski definition) is 2. The molecular formula is C19H34NO2. The Morgan fingerprint density at radius 1 is 1.05 bits per heavy atom. The van der Waals surface area contributed by atoms with Crippen LogP contribution in [0.1, 0.15) is 73.6 Å². The van der Waals surface area contributed by atoms with Crippen molar-refractivity contribution < 1.29 is 9.94 Å². The first-order chi connectivity index (χ1) is 10.2. The van der Waals surface area contributed by atoms with E-state index in [4.69, 9.17) is 4.74 Å². The monoisotopic (exact) mass is 308 g/mol. The summed E-state index contributed by atoms with van der Waals surface area (Å²) in [5, 5.41) is 15.2. The second-order valence-electron chi connectivity index (χ2n) is 9.58. The maximum atomic E-state index is 13.7. The van der Waals surface area contributed by atoms with E-state index in [0.717, 1.165) is 12.8 Å². The van der Waals surface area contributed by atoms with E-state index in [1.54, 1.807) is 0 Å². The summed E-state index contributed by atoms with van der Waals surface area (Å²) in [5.41, 5.74) is -0.794. The van der Waals surface area contributed by atoms with E-state index < -0.39 is 5.72 Å². The van der Waals surface area contributed by atoms with E-state index >= 15 is 0 Å². The Balaban J connectivity index is 1.97. The summed E-state index contributed by atoms with van der Waals surface area (Å²) in [6.07, 6.45) is 5.45. The third kappa shape index (κ3) is 2.04. The van der Waals surface area contributed by atoms with Crippen LogP contribution in [0.5, 0.6) is 0 Å². The van der Waals surface area contributed by atoms with Gasteiger partial charge in [0, 0.05) is 0 Å². The van der Waals surface area contributed by atoms with Gasteiger partial charge in [-0.1, -0.05) is 41.5 Å². The molecule has 0 N–H and O–H groups in total.